The summed E-state index contributed by atoms with van der Waals surface area (Å²) in [7, 11) is -4.35. The maximum atomic E-state index is 11.2. The van der Waals surface area contributed by atoms with Crippen LogP contribution in [0.25, 0.3) is 0 Å². The largest absolute Gasteiger partial charge is 0.744 e. The number of nitrogens with zero attached hydrogens (tertiary/aromatic N) is 1. The Labute approximate surface area is 273 Å². The average Bonchev–Trinajstić information content (AvgIpc) is 3.02. The van der Waals surface area contributed by atoms with Crippen molar-refractivity contribution in [1.29, 1.82) is 0 Å². The van der Waals surface area contributed by atoms with Crippen molar-refractivity contribution >= 4 is 10.1 Å². The average molecular weight is 630 g/mol. The Kier molecular flexibility index (Phi) is 26.3. The van der Waals surface area contributed by atoms with Crippen LogP contribution in [0, 0.1) is 0 Å². The van der Waals surface area contributed by atoms with Crippen LogP contribution in [-0.4, -0.2) is 13.0 Å². The van der Waals surface area contributed by atoms with E-state index in [2.05, 4.69) is 49.0 Å². The highest BCUT2D eigenvalue weighted by Gasteiger charge is 2.07. The number of aryl methyl sites for hydroxylation is 2. The molecule has 2 aromatic rings. The summed E-state index contributed by atoms with van der Waals surface area (Å²) in [6.45, 7) is 5.70. The van der Waals surface area contributed by atoms with Crippen LogP contribution in [0.5, 0.6) is 0 Å². The van der Waals surface area contributed by atoms with Crippen molar-refractivity contribution in [3.8, 4) is 0 Å². The summed E-state index contributed by atoms with van der Waals surface area (Å²) in [5.74, 6) is 0. The monoisotopic (exact) mass is 629 g/mol. The van der Waals surface area contributed by atoms with Gasteiger partial charge in [-0.2, -0.15) is 0 Å². The predicted octanol–water partition coefficient (Wildman–Crippen LogP) is 11.5. The Bertz CT molecular complexity index is 993. The first-order valence-electron chi connectivity index (χ1n) is 18.5. The van der Waals surface area contributed by atoms with E-state index in [1.807, 2.05) is 0 Å². The van der Waals surface area contributed by atoms with Gasteiger partial charge >= 0.3 is 0 Å². The fourth-order valence-electron chi connectivity index (χ4n) is 5.83. The number of rotatable bonds is 27. The van der Waals surface area contributed by atoms with E-state index in [0.717, 1.165) is 12.8 Å². The van der Waals surface area contributed by atoms with Gasteiger partial charge in [-0.05, 0) is 30.9 Å². The summed E-state index contributed by atoms with van der Waals surface area (Å²) in [5.41, 5.74) is 0.664. The normalized spacial score (nSPS) is 11.3. The smallest absolute Gasteiger partial charge is 0.168 e. The van der Waals surface area contributed by atoms with Crippen LogP contribution in [0.3, 0.4) is 0 Å². The molecular formula is C39H67NO3S. The van der Waals surface area contributed by atoms with E-state index < -0.39 is 10.1 Å². The van der Waals surface area contributed by atoms with E-state index in [9.17, 15) is 13.0 Å². The van der Waals surface area contributed by atoms with Gasteiger partial charge in [0.2, 0.25) is 0 Å². The zero-order valence-corrected chi connectivity index (χ0v) is 29.5. The van der Waals surface area contributed by atoms with Crippen LogP contribution in [0.4, 0.5) is 0 Å². The second kappa shape index (κ2) is 28.7. The lowest BCUT2D eigenvalue weighted by Gasteiger charge is -2.12. The molecule has 0 unspecified atom stereocenters. The lowest BCUT2D eigenvalue weighted by molar-refractivity contribution is -0.697. The van der Waals surface area contributed by atoms with Gasteiger partial charge in [-0.25, -0.2) is 13.0 Å². The molecule has 0 amide bonds. The zero-order valence-electron chi connectivity index (χ0n) is 28.7. The molecule has 1 aromatic carbocycles. The standard InChI is InChI=1S/C21H38N.C18H30O3S/c1-2-3-4-5-6-7-8-9-10-11-12-13-14-16-19-22-20-17-15-18-21-22;1-2-3-4-5-6-7-8-9-10-11-14-17-15-12-13-16-18(17)22(19,20)21/h15,17-18,20-21H,2-14,16,19H2,1H3;12-13,15-16H,2-11,14H2,1H3,(H,19,20,21)/q+1;/p-1. The third-order valence-electron chi connectivity index (χ3n) is 8.59. The molecule has 0 aliphatic carbocycles. The van der Waals surface area contributed by atoms with Crippen molar-refractivity contribution in [3.05, 3.63) is 60.4 Å². The molecule has 0 atom stereocenters. The second-order valence-corrected chi connectivity index (χ2v) is 14.1. The van der Waals surface area contributed by atoms with Crippen LogP contribution in [-0.2, 0) is 23.1 Å². The van der Waals surface area contributed by atoms with E-state index in [4.69, 9.17) is 0 Å². The van der Waals surface area contributed by atoms with Gasteiger partial charge in [0.05, 0.1) is 4.90 Å². The van der Waals surface area contributed by atoms with Crippen molar-refractivity contribution in [2.45, 2.75) is 186 Å². The molecule has 2 rings (SSSR count). The number of hydrogen-bond acceptors (Lipinski definition) is 3. The minimum absolute atomic E-state index is 0.0501. The SMILES string of the molecule is CCCCCCCCCCCCCCCC[n+]1ccccc1.CCCCCCCCCCCCc1ccccc1S(=O)(=O)[O-]. The summed E-state index contributed by atoms with van der Waals surface area (Å²) in [6.07, 6.45) is 37.6. The lowest BCUT2D eigenvalue weighted by Crippen LogP contribution is -2.32. The number of hydrogen-bond donors (Lipinski definition) is 0. The van der Waals surface area contributed by atoms with Gasteiger partial charge in [-0.15, -0.1) is 0 Å². The summed E-state index contributed by atoms with van der Waals surface area (Å²) in [6, 6.07) is 12.9. The topological polar surface area (TPSA) is 61.1 Å². The Hall–Kier alpha value is -1.72. The third kappa shape index (κ3) is 23.6. The lowest BCUT2D eigenvalue weighted by atomic mass is 10.0. The summed E-state index contributed by atoms with van der Waals surface area (Å²) in [5, 5.41) is 0. The predicted molar refractivity (Wildman–Crippen MR) is 187 cm³/mol. The quantitative estimate of drug-likeness (QED) is 0.0561. The fourth-order valence-corrected chi connectivity index (χ4v) is 6.57. The Morgan fingerprint density at radius 2 is 0.886 bits per heavy atom. The molecule has 0 spiro atoms. The maximum absolute atomic E-state index is 11.2. The van der Waals surface area contributed by atoms with E-state index >= 15 is 0 Å². The minimum Gasteiger partial charge on any atom is -0.744 e. The molecule has 0 fully saturated rings. The molecule has 1 heterocycles. The summed E-state index contributed by atoms with van der Waals surface area (Å²) >= 11 is 0. The van der Waals surface area contributed by atoms with Crippen LogP contribution < -0.4 is 4.57 Å². The number of pyridine rings is 1. The van der Waals surface area contributed by atoms with Gasteiger partial charge in [0.25, 0.3) is 0 Å². The van der Waals surface area contributed by atoms with Crippen molar-refractivity contribution in [2.24, 2.45) is 0 Å². The Morgan fingerprint density at radius 3 is 1.32 bits per heavy atom. The van der Waals surface area contributed by atoms with Gasteiger partial charge in [0.1, 0.15) is 16.7 Å². The number of benzene rings is 1. The van der Waals surface area contributed by atoms with Gasteiger partial charge in [-0.1, -0.05) is 173 Å². The van der Waals surface area contributed by atoms with Crippen molar-refractivity contribution in [3.63, 3.8) is 0 Å². The molecule has 0 aliphatic heterocycles. The molecular weight excluding hydrogens is 563 g/mol. The number of aromatic nitrogens is 1. The first kappa shape index (κ1) is 40.3. The zero-order chi connectivity index (χ0) is 32.0. The molecule has 44 heavy (non-hydrogen) atoms. The Balaban J connectivity index is 0.000000440. The first-order chi connectivity index (χ1) is 21.5. The van der Waals surface area contributed by atoms with E-state index in [-0.39, 0.29) is 4.90 Å². The molecule has 0 saturated carbocycles. The fraction of sp³-hybridized carbons (Fsp3) is 0.718. The number of unbranched alkanes of at least 4 members (excludes halogenated alkanes) is 22. The van der Waals surface area contributed by atoms with Crippen molar-refractivity contribution in [2.75, 3.05) is 0 Å². The van der Waals surface area contributed by atoms with Crippen LogP contribution in [0.2, 0.25) is 0 Å². The van der Waals surface area contributed by atoms with Gasteiger partial charge in [0, 0.05) is 18.6 Å². The Morgan fingerprint density at radius 1 is 0.500 bits per heavy atom. The van der Waals surface area contributed by atoms with Crippen LogP contribution >= 0.6 is 0 Å². The third-order valence-corrected chi connectivity index (χ3v) is 9.53. The molecule has 0 saturated heterocycles. The summed E-state index contributed by atoms with van der Waals surface area (Å²) in [4.78, 5) is -0.0501. The van der Waals surface area contributed by atoms with Gasteiger partial charge in [-0.3, -0.25) is 0 Å². The van der Waals surface area contributed by atoms with E-state index in [1.54, 1.807) is 18.2 Å². The first-order valence-corrected chi connectivity index (χ1v) is 19.9. The molecule has 4 nitrogen and oxygen atoms in total. The highest BCUT2D eigenvalue weighted by atomic mass is 32.2. The molecule has 0 radical (unpaired) electrons. The van der Waals surface area contributed by atoms with Crippen LogP contribution in [0.15, 0.2) is 59.8 Å². The highest BCUT2D eigenvalue weighted by molar-refractivity contribution is 7.85. The maximum Gasteiger partial charge on any atom is 0.168 e. The van der Waals surface area contributed by atoms with Crippen molar-refractivity contribution < 1.29 is 17.5 Å². The molecule has 1 aromatic heterocycles. The molecule has 0 N–H and O–H groups in total. The summed E-state index contributed by atoms with van der Waals surface area (Å²) < 4.78 is 35.8. The van der Waals surface area contributed by atoms with Crippen LogP contribution in [0.1, 0.15) is 174 Å². The molecule has 0 bridgehead atoms. The van der Waals surface area contributed by atoms with Gasteiger partial charge in [0.15, 0.2) is 12.4 Å². The molecule has 252 valence electrons. The molecule has 5 heteroatoms. The highest BCUT2D eigenvalue weighted by Crippen LogP contribution is 2.19. The molecule has 0 aliphatic rings. The second-order valence-electron chi connectivity index (χ2n) is 12.7. The van der Waals surface area contributed by atoms with Gasteiger partial charge < -0.3 is 4.55 Å². The van der Waals surface area contributed by atoms with E-state index in [1.165, 1.54) is 154 Å². The minimum atomic E-state index is -4.35. The van der Waals surface area contributed by atoms with E-state index in [0.29, 0.717) is 12.0 Å². The van der Waals surface area contributed by atoms with Crippen molar-refractivity contribution in [1.82, 2.24) is 0 Å².